The Bertz CT molecular complexity index is 639. The third-order valence-electron chi connectivity index (χ3n) is 1.64. The third kappa shape index (κ3) is 2.94. The Morgan fingerprint density at radius 2 is 1.62 bits per heavy atom. The molecule has 0 heterocycles. The SMILES string of the molecule is [N-]=[N+]=CS(=O)(=O)c1ccc(S(=O)(O)=S)cc1. The van der Waals surface area contributed by atoms with Gasteiger partial charge in [0.2, 0.25) is 0 Å². The van der Waals surface area contributed by atoms with Crippen LogP contribution in [-0.2, 0) is 29.8 Å². The molecule has 1 unspecified atom stereocenters. The van der Waals surface area contributed by atoms with Gasteiger partial charge in [0.1, 0.15) is 0 Å². The number of hydrogen-bond acceptors (Lipinski definition) is 4. The van der Waals surface area contributed by atoms with E-state index in [9.17, 15) is 12.6 Å². The van der Waals surface area contributed by atoms with Crippen molar-refractivity contribution in [2.75, 3.05) is 0 Å². The summed E-state index contributed by atoms with van der Waals surface area (Å²) in [4.78, 5) is 2.20. The molecule has 0 aliphatic heterocycles. The first-order valence-electron chi connectivity index (χ1n) is 3.77. The standard InChI is InChI=1S/C7H6N2O4S3/c8-9-5-15(10,11)6-1-3-7(4-2-6)16(12,13)14/h1-5H,(H,12,13,14). The molecule has 1 rings (SSSR count). The average Bonchev–Trinajstić information content (AvgIpc) is 2.16. The highest BCUT2D eigenvalue weighted by Gasteiger charge is 2.16. The Kier molecular flexibility index (Phi) is 3.56. The molecule has 1 aromatic rings. The molecule has 1 atom stereocenters. The van der Waals surface area contributed by atoms with Crippen molar-refractivity contribution in [1.29, 1.82) is 0 Å². The fourth-order valence-electron chi connectivity index (χ4n) is 0.924. The van der Waals surface area contributed by atoms with Crippen LogP contribution in [0.1, 0.15) is 0 Å². The van der Waals surface area contributed by atoms with E-state index in [1.165, 1.54) is 0 Å². The maximum Gasteiger partial charge on any atom is 0.374 e. The number of nitrogens with zero attached hydrogens (tertiary/aromatic N) is 2. The molecule has 9 heteroatoms. The Balaban J connectivity index is 3.30. The molecule has 0 fully saturated rings. The lowest BCUT2D eigenvalue weighted by Crippen LogP contribution is -2.03. The van der Waals surface area contributed by atoms with Crippen molar-refractivity contribution < 1.29 is 22.0 Å². The van der Waals surface area contributed by atoms with Gasteiger partial charge in [-0.15, -0.1) is 0 Å². The summed E-state index contributed by atoms with van der Waals surface area (Å²) in [5, 5.41) is 0. The first-order chi connectivity index (χ1) is 7.27. The largest absolute Gasteiger partial charge is 0.374 e. The van der Waals surface area contributed by atoms with Gasteiger partial charge in [-0.1, -0.05) is 0 Å². The van der Waals surface area contributed by atoms with Crippen LogP contribution in [0.3, 0.4) is 0 Å². The van der Waals surface area contributed by atoms with E-state index in [-0.39, 0.29) is 9.79 Å². The van der Waals surface area contributed by atoms with Crippen molar-refractivity contribution in [3.63, 3.8) is 0 Å². The van der Waals surface area contributed by atoms with Gasteiger partial charge in [-0.05, 0) is 24.3 Å². The van der Waals surface area contributed by atoms with E-state index >= 15 is 0 Å². The first kappa shape index (κ1) is 12.9. The quantitative estimate of drug-likeness (QED) is 0.370. The molecule has 0 saturated heterocycles. The van der Waals surface area contributed by atoms with Gasteiger partial charge < -0.3 is 10.1 Å². The summed E-state index contributed by atoms with van der Waals surface area (Å²) in [6.07, 6.45) is 0. The van der Waals surface area contributed by atoms with Crippen molar-refractivity contribution in [2.45, 2.75) is 9.79 Å². The van der Waals surface area contributed by atoms with Crippen LogP contribution in [0.15, 0.2) is 34.1 Å². The van der Waals surface area contributed by atoms with Gasteiger partial charge in [-0.2, -0.15) is 4.79 Å². The van der Waals surface area contributed by atoms with Crippen LogP contribution >= 0.6 is 0 Å². The minimum absolute atomic E-state index is 0.0533. The zero-order valence-electron chi connectivity index (χ0n) is 7.68. The average molecular weight is 278 g/mol. The van der Waals surface area contributed by atoms with Gasteiger partial charge in [0.15, 0.2) is 8.77 Å². The molecule has 0 aromatic heterocycles. The van der Waals surface area contributed by atoms with Crippen LogP contribution in [0, 0.1) is 0 Å². The summed E-state index contributed by atoms with van der Waals surface area (Å²) in [5.74, 6) is 0. The second kappa shape index (κ2) is 4.40. The fraction of sp³-hybridized carbons (Fsp3) is 0. The number of rotatable bonds is 3. The van der Waals surface area contributed by atoms with Crippen LogP contribution in [0.5, 0.6) is 0 Å². The van der Waals surface area contributed by atoms with Crippen LogP contribution in [0.2, 0.25) is 0 Å². The minimum atomic E-state index is -3.82. The topological polar surface area (TPSA) is 108 Å². The van der Waals surface area contributed by atoms with Crippen LogP contribution < -0.4 is 0 Å². The minimum Gasteiger partial charge on any atom is -0.361 e. The van der Waals surface area contributed by atoms with E-state index in [2.05, 4.69) is 16.0 Å². The number of hydrogen-bond donors (Lipinski definition) is 1. The summed E-state index contributed by atoms with van der Waals surface area (Å²) in [7, 11) is -7.34. The van der Waals surface area contributed by atoms with E-state index in [4.69, 9.17) is 10.1 Å². The summed E-state index contributed by atoms with van der Waals surface area (Å²) in [6, 6.07) is 4.48. The van der Waals surface area contributed by atoms with Gasteiger partial charge in [0, 0.05) is 11.2 Å². The Morgan fingerprint density at radius 3 is 2.00 bits per heavy atom. The molecule has 0 saturated carbocycles. The van der Waals surface area contributed by atoms with Gasteiger partial charge in [0.05, 0.1) is 9.79 Å². The Hall–Kier alpha value is -1.12. The molecule has 6 nitrogen and oxygen atoms in total. The van der Waals surface area contributed by atoms with Crippen molar-refractivity contribution in [2.24, 2.45) is 0 Å². The summed E-state index contributed by atoms with van der Waals surface area (Å²) < 4.78 is 42.7. The van der Waals surface area contributed by atoms with Gasteiger partial charge in [-0.25, -0.2) is 12.6 Å². The van der Waals surface area contributed by atoms with Gasteiger partial charge in [0.25, 0.3) is 9.84 Å². The first-order valence-corrected chi connectivity index (χ1v) is 7.76. The predicted octanol–water partition coefficient (Wildman–Crippen LogP) is 0.297. The molecule has 0 amide bonds. The molecular formula is C7H6N2O4S3. The summed E-state index contributed by atoms with van der Waals surface area (Å²) in [6.45, 7) is 0. The van der Waals surface area contributed by atoms with E-state index in [1.807, 2.05) is 0 Å². The molecule has 1 aromatic carbocycles. The second-order valence-corrected chi connectivity index (χ2v) is 7.26. The molecule has 0 aliphatic carbocycles. The fourth-order valence-corrected chi connectivity index (χ4v) is 2.50. The summed E-state index contributed by atoms with van der Waals surface area (Å²) >= 11 is 4.31. The Morgan fingerprint density at radius 1 is 1.19 bits per heavy atom. The molecule has 0 bridgehead atoms. The van der Waals surface area contributed by atoms with Crippen molar-refractivity contribution in [3.05, 3.63) is 29.8 Å². The molecule has 0 aliphatic rings. The molecule has 0 spiro atoms. The predicted molar refractivity (Wildman–Crippen MR) is 59.7 cm³/mol. The maximum atomic E-state index is 11.3. The summed E-state index contributed by atoms with van der Waals surface area (Å²) in [5.41, 5.74) is 8.50. The lowest BCUT2D eigenvalue weighted by atomic mass is 10.4. The molecule has 0 radical (unpaired) electrons. The van der Waals surface area contributed by atoms with Crippen LogP contribution in [-0.4, -0.2) is 27.5 Å². The Labute approximate surface area is 97.0 Å². The van der Waals surface area contributed by atoms with Crippen LogP contribution in [0.4, 0.5) is 0 Å². The molecule has 16 heavy (non-hydrogen) atoms. The monoisotopic (exact) mass is 278 g/mol. The van der Waals surface area contributed by atoms with E-state index in [0.717, 1.165) is 24.3 Å². The lowest BCUT2D eigenvalue weighted by Gasteiger charge is -1.99. The van der Waals surface area contributed by atoms with E-state index in [0.29, 0.717) is 5.55 Å². The number of benzene rings is 1. The van der Waals surface area contributed by atoms with Gasteiger partial charge >= 0.3 is 5.55 Å². The highest BCUT2D eigenvalue weighted by atomic mass is 32.8. The van der Waals surface area contributed by atoms with Crippen molar-refractivity contribution in [3.8, 4) is 0 Å². The lowest BCUT2D eigenvalue weighted by molar-refractivity contribution is 0.00754. The van der Waals surface area contributed by atoms with Crippen molar-refractivity contribution in [1.82, 2.24) is 0 Å². The van der Waals surface area contributed by atoms with Crippen molar-refractivity contribution >= 4 is 35.3 Å². The van der Waals surface area contributed by atoms with Crippen LogP contribution in [0.25, 0.3) is 5.53 Å². The zero-order chi connectivity index (χ0) is 12.4. The highest BCUT2D eigenvalue weighted by Crippen LogP contribution is 2.14. The zero-order valence-corrected chi connectivity index (χ0v) is 10.1. The highest BCUT2D eigenvalue weighted by molar-refractivity contribution is 8.29. The van der Waals surface area contributed by atoms with Gasteiger partial charge in [-0.3, -0.25) is 0 Å². The molecular weight excluding hydrogens is 272 g/mol. The normalized spacial score (nSPS) is 14.8. The van der Waals surface area contributed by atoms with E-state index in [1.54, 1.807) is 0 Å². The third-order valence-corrected chi connectivity index (χ3v) is 4.38. The smallest absolute Gasteiger partial charge is 0.361 e. The number of sulfone groups is 1. The molecule has 1 N–H and O–H groups in total. The van der Waals surface area contributed by atoms with E-state index < -0.39 is 18.6 Å². The molecule has 86 valence electrons. The maximum absolute atomic E-state index is 11.3. The second-order valence-electron chi connectivity index (χ2n) is 2.71.